The van der Waals surface area contributed by atoms with E-state index in [0.29, 0.717) is 6.42 Å². The fourth-order valence-corrected chi connectivity index (χ4v) is 1.99. The van der Waals surface area contributed by atoms with Crippen molar-refractivity contribution in [1.29, 1.82) is 0 Å². The number of hydrogen-bond donors (Lipinski definition) is 0. The van der Waals surface area contributed by atoms with Gasteiger partial charge in [0.2, 0.25) is 0 Å². The predicted octanol–water partition coefficient (Wildman–Crippen LogP) is 2.95. The maximum Gasteiger partial charge on any atom is 0.167 e. The van der Waals surface area contributed by atoms with Crippen LogP contribution in [0.1, 0.15) is 34.0 Å². The monoisotopic (exact) mass is 242 g/mol. The molecular weight excluding hydrogens is 224 g/mol. The van der Waals surface area contributed by atoms with Crippen molar-refractivity contribution in [3.8, 4) is 0 Å². The molecule has 0 radical (unpaired) electrons. The molecular formula is C15H18N2O. The number of aryl methyl sites for hydroxylation is 3. The van der Waals surface area contributed by atoms with Gasteiger partial charge in [-0.05, 0) is 38.0 Å². The van der Waals surface area contributed by atoms with Crippen LogP contribution in [0.25, 0.3) is 0 Å². The second-order valence-electron chi connectivity index (χ2n) is 4.62. The van der Waals surface area contributed by atoms with E-state index in [1.165, 1.54) is 0 Å². The van der Waals surface area contributed by atoms with Gasteiger partial charge in [-0.1, -0.05) is 17.7 Å². The van der Waals surface area contributed by atoms with Crippen LogP contribution in [0.2, 0.25) is 0 Å². The van der Waals surface area contributed by atoms with Gasteiger partial charge in [0.05, 0.1) is 6.20 Å². The lowest BCUT2D eigenvalue weighted by Gasteiger charge is -2.05. The number of Topliss-reactive ketones (excluding diaryl/α,β-unsaturated/α-hetero) is 1. The second kappa shape index (κ2) is 5.17. The third kappa shape index (κ3) is 2.67. The minimum Gasteiger partial charge on any atom is -0.294 e. The van der Waals surface area contributed by atoms with E-state index in [2.05, 4.69) is 5.10 Å². The fourth-order valence-electron chi connectivity index (χ4n) is 1.99. The highest BCUT2D eigenvalue weighted by atomic mass is 16.1. The zero-order chi connectivity index (χ0) is 13.1. The summed E-state index contributed by atoms with van der Waals surface area (Å²) >= 11 is 0. The van der Waals surface area contributed by atoms with Crippen molar-refractivity contribution in [2.24, 2.45) is 0 Å². The lowest BCUT2D eigenvalue weighted by atomic mass is 9.99. The van der Waals surface area contributed by atoms with Crippen LogP contribution in [0, 0.1) is 13.8 Å². The van der Waals surface area contributed by atoms with E-state index >= 15 is 0 Å². The highest BCUT2D eigenvalue weighted by Gasteiger charge is 2.11. The second-order valence-corrected chi connectivity index (χ2v) is 4.62. The molecule has 1 aromatic carbocycles. The van der Waals surface area contributed by atoms with Gasteiger partial charge in [-0.2, -0.15) is 5.10 Å². The Labute approximate surface area is 107 Å². The largest absolute Gasteiger partial charge is 0.294 e. The van der Waals surface area contributed by atoms with E-state index in [4.69, 9.17) is 0 Å². The van der Waals surface area contributed by atoms with Crippen LogP contribution in [0.15, 0.2) is 30.6 Å². The summed E-state index contributed by atoms with van der Waals surface area (Å²) in [4.78, 5) is 12.2. The molecule has 0 N–H and O–H groups in total. The van der Waals surface area contributed by atoms with E-state index in [1.807, 2.05) is 49.8 Å². The predicted molar refractivity (Wildman–Crippen MR) is 71.9 cm³/mol. The summed E-state index contributed by atoms with van der Waals surface area (Å²) in [7, 11) is 0. The molecule has 0 spiro atoms. The molecule has 1 heterocycles. The molecule has 0 bridgehead atoms. The van der Waals surface area contributed by atoms with Crippen LogP contribution in [-0.2, 0) is 13.0 Å². The van der Waals surface area contributed by atoms with Crippen LogP contribution in [-0.4, -0.2) is 15.6 Å². The lowest BCUT2D eigenvalue weighted by Crippen LogP contribution is -2.05. The first-order valence-electron chi connectivity index (χ1n) is 6.22. The number of benzene rings is 1. The number of nitrogens with zero attached hydrogens (tertiary/aromatic N) is 2. The summed E-state index contributed by atoms with van der Waals surface area (Å²) < 4.78 is 1.84. The average molecular weight is 242 g/mol. The van der Waals surface area contributed by atoms with E-state index in [9.17, 15) is 4.79 Å². The highest BCUT2D eigenvalue weighted by molar-refractivity contribution is 5.98. The molecule has 0 aliphatic heterocycles. The average Bonchev–Trinajstić information content (AvgIpc) is 2.80. The van der Waals surface area contributed by atoms with Gasteiger partial charge in [-0.25, -0.2) is 0 Å². The molecule has 18 heavy (non-hydrogen) atoms. The molecule has 1 aromatic heterocycles. The molecule has 0 saturated heterocycles. The Kier molecular flexibility index (Phi) is 3.60. The minimum absolute atomic E-state index is 0.159. The molecule has 94 valence electrons. The van der Waals surface area contributed by atoms with Gasteiger partial charge in [0.1, 0.15) is 0 Å². The van der Waals surface area contributed by atoms with Crippen LogP contribution in [0.5, 0.6) is 0 Å². The Morgan fingerprint density at radius 1 is 1.33 bits per heavy atom. The summed E-state index contributed by atoms with van der Waals surface area (Å²) in [5.41, 5.74) is 3.95. The van der Waals surface area contributed by atoms with Crippen molar-refractivity contribution >= 4 is 5.78 Å². The molecule has 3 nitrogen and oxygen atoms in total. The molecule has 3 heteroatoms. The summed E-state index contributed by atoms with van der Waals surface area (Å²) in [6.07, 6.45) is 4.12. The van der Waals surface area contributed by atoms with Crippen LogP contribution in [0.3, 0.4) is 0 Å². The number of aromatic nitrogens is 2. The summed E-state index contributed by atoms with van der Waals surface area (Å²) in [5, 5.41) is 4.19. The minimum atomic E-state index is 0.159. The van der Waals surface area contributed by atoms with E-state index in [-0.39, 0.29) is 5.78 Å². The first kappa shape index (κ1) is 12.6. The number of carbonyl (C=O) groups is 1. The first-order valence-corrected chi connectivity index (χ1v) is 6.22. The zero-order valence-corrected chi connectivity index (χ0v) is 11.1. The van der Waals surface area contributed by atoms with Crippen molar-refractivity contribution in [3.05, 3.63) is 52.8 Å². The standard InChI is InChI=1S/C15H18N2O/c1-4-17-10-13(9-16-17)8-15(18)14-7-11(2)5-6-12(14)3/h5-7,9-10H,4,8H2,1-3H3. The zero-order valence-electron chi connectivity index (χ0n) is 11.1. The van der Waals surface area contributed by atoms with Gasteiger partial charge >= 0.3 is 0 Å². The molecule has 2 rings (SSSR count). The number of ketones is 1. The molecule has 0 amide bonds. The Morgan fingerprint density at radius 2 is 2.11 bits per heavy atom. The van der Waals surface area contributed by atoms with E-state index < -0.39 is 0 Å². The van der Waals surface area contributed by atoms with Crippen molar-refractivity contribution in [3.63, 3.8) is 0 Å². The summed E-state index contributed by atoms with van der Waals surface area (Å²) in [6.45, 7) is 6.84. The number of rotatable bonds is 4. The van der Waals surface area contributed by atoms with Crippen LogP contribution < -0.4 is 0 Å². The highest BCUT2D eigenvalue weighted by Crippen LogP contribution is 2.14. The lowest BCUT2D eigenvalue weighted by molar-refractivity contribution is 0.0992. The SMILES string of the molecule is CCn1cc(CC(=O)c2cc(C)ccc2C)cn1. The third-order valence-corrected chi connectivity index (χ3v) is 3.07. The molecule has 0 aliphatic rings. The van der Waals surface area contributed by atoms with Crippen LogP contribution >= 0.6 is 0 Å². The van der Waals surface area contributed by atoms with Crippen molar-refractivity contribution in [1.82, 2.24) is 9.78 Å². The molecule has 0 saturated carbocycles. The van der Waals surface area contributed by atoms with E-state index in [1.54, 1.807) is 6.20 Å². The Morgan fingerprint density at radius 3 is 2.78 bits per heavy atom. The topological polar surface area (TPSA) is 34.9 Å². The van der Waals surface area contributed by atoms with Crippen LogP contribution in [0.4, 0.5) is 0 Å². The Bertz CT molecular complexity index is 570. The van der Waals surface area contributed by atoms with Gasteiger partial charge in [0, 0.05) is 24.7 Å². The van der Waals surface area contributed by atoms with Crippen molar-refractivity contribution in [2.45, 2.75) is 33.7 Å². The molecule has 0 fully saturated rings. The first-order chi connectivity index (χ1) is 8.60. The normalized spacial score (nSPS) is 10.6. The maximum atomic E-state index is 12.2. The number of carbonyl (C=O) groups excluding carboxylic acids is 1. The third-order valence-electron chi connectivity index (χ3n) is 3.07. The molecule has 0 aliphatic carbocycles. The Hall–Kier alpha value is -1.90. The summed E-state index contributed by atoms with van der Waals surface area (Å²) in [5.74, 6) is 0.159. The molecule has 2 aromatic rings. The van der Waals surface area contributed by atoms with Gasteiger partial charge in [0.25, 0.3) is 0 Å². The number of hydrogen-bond acceptors (Lipinski definition) is 2. The van der Waals surface area contributed by atoms with Gasteiger partial charge in [-0.3, -0.25) is 9.48 Å². The van der Waals surface area contributed by atoms with Gasteiger partial charge < -0.3 is 0 Å². The van der Waals surface area contributed by atoms with Crippen molar-refractivity contribution < 1.29 is 4.79 Å². The van der Waals surface area contributed by atoms with Gasteiger partial charge in [0.15, 0.2) is 5.78 Å². The van der Waals surface area contributed by atoms with Gasteiger partial charge in [-0.15, -0.1) is 0 Å². The summed E-state index contributed by atoms with van der Waals surface area (Å²) in [6, 6.07) is 5.99. The van der Waals surface area contributed by atoms with E-state index in [0.717, 1.165) is 28.8 Å². The maximum absolute atomic E-state index is 12.2. The van der Waals surface area contributed by atoms with Crippen molar-refractivity contribution in [2.75, 3.05) is 0 Å². The molecule has 0 unspecified atom stereocenters. The molecule has 0 atom stereocenters. The Balaban J connectivity index is 2.19. The smallest absolute Gasteiger partial charge is 0.167 e. The quantitative estimate of drug-likeness (QED) is 0.773. The fraction of sp³-hybridized carbons (Fsp3) is 0.333.